The van der Waals surface area contributed by atoms with Crippen LogP contribution in [-0.4, -0.2) is 19.1 Å². The SMILES string of the molecule is COc1cccc([C@@H]2Nc3c(C)cc([N+](=O)[O-])cc3[C@H]3C=CC[C@@H]32)c1OC. The highest BCUT2D eigenvalue weighted by Crippen LogP contribution is 2.53. The molecular formula is C21H22N2O4. The van der Waals surface area contributed by atoms with Crippen molar-refractivity contribution in [3.63, 3.8) is 0 Å². The van der Waals surface area contributed by atoms with E-state index in [1.54, 1.807) is 26.4 Å². The third kappa shape index (κ3) is 2.72. The molecule has 0 bridgehead atoms. The average Bonchev–Trinajstić information content (AvgIpc) is 3.16. The summed E-state index contributed by atoms with van der Waals surface area (Å²) >= 11 is 0. The van der Waals surface area contributed by atoms with E-state index >= 15 is 0 Å². The maximum absolute atomic E-state index is 11.3. The summed E-state index contributed by atoms with van der Waals surface area (Å²) in [6, 6.07) is 9.28. The van der Waals surface area contributed by atoms with E-state index in [0.29, 0.717) is 5.75 Å². The summed E-state index contributed by atoms with van der Waals surface area (Å²) in [5.74, 6) is 1.83. The first-order chi connectivity index (χ1) is 13.0. The molecule has 0 unspecified atom stereocenters. The van der Waals surface area contributed by atoms with Gasteiger partial charge in [0.1, 0.15) is 0 Å². The molecule has 2 aliphatic rings. The van der Waals surface area contributed by atoms with E-state index in [4.69, 9.17) is 9.47 Å². The Morgan fingerprint density at radius 2 is 2.00 bits per heavy atom. The number of aryl methyl sites for hydroxylation is 1. The average molecular weight is 366 g/mol. The fourth-order valence-electron chi connectivity index (χ4n) is 4.44. The molecular weight excluding hydrogens is 344 g/mol. The van der Waals surface area contributed by atoms with Gasteiger partial charge in [-0.2, -0.15) is 0 Å². The molecule has 0 saturated heterocycles. The Morgan fingerprint density at radius 1 is 1.19 bits per heavy atom. The molecule has 0 saturated carbocycles. The molecule has 1 aliphatic heterocycles. The molecule has 27 heavy (non-hydrogen) atoms. The molecule has 1 N–H and O–H groups in total. The number of nitro groups is 1. The van der Waals surface area contributed by atoms with Gasteiger partial charge in [0.05, 0.1) is 25.2 Å². The molecule has 1 aliphatic carbocycles. The van der Waals surface area contributed by atoms with Gasteiger partial charge in [0, 0.05) is 29.3 Å². The topological polar surface area (TPSA) is 73.6 Å². The summed E-state index contributed by atoms with van der Waals surface area (Å²) in [4.78, 5) is 11.0. The lowest BCUT2D eigenvalue weighted by atomic mass is 9.76. The smallest absolute Gasteiger partial charge is 0.270 e. The van der Waals surface area contributed by atoms with Crippen molar-refractivity contribution in [2.24, 2.45) is 5.92 Å². The number of benzene rings is 2. The van der Waals surface area contributed by atoms with Crippen molar-refractivity contribution in [3.05, 3.63) is 69.3 Å². The third-order valence-electron chi connectivity index (χ3n) is 5.63. The van der Waals surface area contributed by atoms with E-state index in [1.165, 1.54) is 0 Å². The molecule has 2 aromatic rings. The second-order valence-corrected chi connectivity index (χ2v) is 7.04. The minimum Gasteiger partial charge on any atom is -0.493 e. The minimum atomic E-state index is -0.321. The number of ether oxygens (including phenoxy) is 2. The summed E-state index contributed by atoms with van der Waals surface area (Å²) in [7, 11) is 3.28. The third-order valence-corrected chi connectivity index (χ3v) is 5.63. The van der Waals surface area contributed by atoms with Crippen molar-refractivity contribution in [2.45, 2.75) is 25.3 Å². The highest BCUT2D eigenvalue weighted by molar-refractivity contribution is 5.68. The van der Waals surface area contributed by atoms with Crippen molar-refractivity contribution < 1.29 is 14.4 Å². The first-order valence-corrected chi connectivity index (χ1v) is 8.98. The number of rotatable bonds is 4. The Hall–Kier alpha value is -3.02. The van der Waals surface area contributed by atoms with Crippen molar-refractivity contribution >= 4 is 11.4 Å². The van der Waals surface area contributed by atoms with Crippen LogP contribution in [0.4, 0.5) is 11.4 Å². The lowest BCUT2D eigenvalue weighted by molar-refractivity contribution is -0.385. The molecule has 0 spiro atoms. The van der Waals surface area contributed by atoms with Crippen molar-refractivity contribution in [1.29, 1.82) is 0 Å². The van der Waals surface area contributed by atoms with Gasteiger partial charge in [0.25, 0.3) is 5.69 Å². The van der Waals surface area contributed by atoms with Gasteiger partial charge in [-0.05, 0) is 36.5 Å². The zero-order chi connectivity index (χ0) is 19.1. The number of para-hydroxylation sites is 1. The van der Waals surface area contributed by atoms with Crippen LogP contribution in [0.1, 0.15) is 35.1 Å². The number of anilines is 1. The molecule has 140 valence electrons. The minimum absolute atomic E-state index is 0.0303. The normalized spacial score (nSPS) is 22.6. The Balaban J connectivity index is 1.85. The van der Waals surface area contributed by atoms with Crippen LogP contribution in [0.25, 0.3) is 0 Å². The van der Waals surface area contributed by atoms with Gasteiger partial charge in [0.2, 0.25) is 0 Å². The lowest BCUT2D eigenvalue weighted by Gasteiger charge is -2.38. The lowest BCUT2D eigenvalue weighted by Crippen LogP contribution is -2.30. The van der Waals surface area contributed by atoms with Crippen molar-refractivity contribution in [2.75, 3.05) is 19.5 Å². The molecule has 0 amide bonds. The van der Waals surface area contributed by atoms with Gasteiger partial charge in [-0.3, -0.25) is 10.1 Å². The van der Waals surface area contributed by atoms with Crippen LogP contribution >= 0.6 is 0 Å². The van der Waals surface area contributed by atoms with Gasteiger partial charge in [-0.15, -0.1) is 0 Å². The van der Waals surface area contributed by atoms with E-state index in [2.05, 4.69) is 23.5 Å². The van der Waals surface area contributed by atoms with Crippen molar-refractivity contribution in [3.8, 4) is 11.5 Å². The summed E-state index contributed by atoms with van der Waals surface area (Å²) in [5.41, 5.74) is 4.04. The number of non-ortho nitro benzene ring substituents is 1. The molecule has 3 atom stereocenters. The second kappa shape index (κ2) is 6.61. The Bertz CT molecular complexity index is 938. The highest BCUT2D eigenvalue weighted by Gasteiger charge is 2.40. The predicted octanol–water partition coefficient (Wildman–Crippen LogP) is 4.75. The first kappa shape index (κ1) is 17.4. The number of nitrogens with one attached hydrogen (secondary N) is 1. The summed E-state index contributed by atoms with van der Waals surface area (Å²) in [6.07, 6.45) is 5.25. The first-order valence-electron chi connectivity index (χ1n) is 8.98. The monoisotopic (exact) mass is 366 g/mol. The van der Waals surface area contributed by atoms with Crippen molar-refractivity contribution in [1.82, 2.24) is 0 Å². The Morgan fingerprint density at radius 3 is 2.70 bits per heavy atom. The standard InChI is InChI=1S/C21H22N2O4/c1-12-10-13(23(24)25)11-17-14-6-4-7-15(14)20(22-19(12)17)16-8-5-9-18(26-2)21(16)27-3/h4-6,8-11,14-15,20,22H,7H2,1-3H3/t14-,15-,20+/m0/s1. The van der Waals surface area contributed by atoms with E-state index in [0.717, 1.165) is 34.5 Å². The zero-order valence-corrected chi connectivity index (χ0v) is 15.6. The number of nitro benzene ring substituents is 1. The van der Waals surface area contributed by atoms with Crippen LogP contribution in [0.2, 0.25) is 0 Å². The number of allylic oxidation sites excluding steroid dienone is 2. The van der Waals surface area contributed by atoms with E-state index in [9.17, 15) is 10.1 Å². The highest BCUT2D eigenvalue weighted by atomic mass is 16.6. The van der Waals surface area contributed by atoms with Gasteiger partial charge in [0.15, 0.2) is 11.5 Å². The number of hydrogen-bond acceptors (Lipinski definition) is 5. The fourth-order valence-corrected chi connectivity index (χ4v) is 4.44. The van der Waals surface area contributed by atoms with Gasteiger partial charge < -0.3 is 14.8 Å². The quantitative estimate of drug-likeness (QED) is 0.480. The van der Waals surface area contributed by atoms with Crippen LogP contribution < -0.4 is 14.8 Å². The van der Waals surface area contributed by atoms with Crippen LogP contribution in [0.15, 0.2) is 42.5 Å². The maximum Gasteiger partial charge on any atom is 0.270 e. The van der Waals surface area contributed by atoms with Crippen LogP contribution in [0, 0.1) is 23.0 Å². The fraction of sp³-hybridized carbons (Fsp3) is 0.333. The van der Waals surface area contributed by atoms with Gasteiger partial charge in [-0.25, -0.2) is 0 Å². The molecule has 0 fully saturated rings. The summed E-state index contributed by atoms with van der Waals surface area (Å²) < 4.78 is 11.1. The molecule has 0 aromatic heterocycles. The number of hydrogen-bond donors (Lipinski definition) is 1. The van der Waals surface area contributed by atoms with Gasteiger partial charge >= 0.3 is 0 Å². The van der Waals surface area contributed by atoms with E-state index in [-0.39, 0.29) is 28.5 Å². The Labute approximate surface area is 158 Å². The summed E-state index contributed by atoms with van der Waals surface area (Å²) in [5, 5.41) is 15.0. The molecule has 4 rings (SSSR count). The van der Waals surface area contributed by atoms with E-state index in [1.807, 2.05) is 19.1 Å². The molecule has 2 aromatic carbocycles. The largest absolute Gasteiger partial charge is 0.493 e. The van der Waals surface area contributed by atoms with E-state index < -0.39 is 0 Å². The predicted molar refractivity (Wildman–Crippen MR) is 104 cm³/mol. The molecule has 6 heteroatoms. The Kier molecular flexibility index (Phi) is 4.26. The molecule has 1 heterocycles. The van der Waals surface area contributed by atoms with Gasteiger partial charge in [-0.1, -0.05) is 24.3 Å². The molecule has 0 radical (unpaired) electrons. The zero-order valence-electron chi connectivity index (χ0n) is 15.6. The van der Waals surface area contributed by atoms with Crippen LogP contribution in [-0.2, 0) is 0 Å². The maximum atomic E-state index is 11.3. The number of fused-ring (bicyclic) bond motifs is 3. The summed E-state index contributed by atoms with van der Waals surface area (Å²) in [6.45, 7) is 1.91. The van der Waals surface area contributed by atoms with Crippen LogP contribution in [0.5, 0.6) is 11.5 Å². The molecule has 6 nitrogen and oxygen atoms in total. The number of nitrogens with zero attached hydrogens (tertiary/aromatic N) is 1. The number of methoxy groups -OCH3 is 2. The van der Waals surface area contributed by atoms with Crippen LogP contribution in [0.3, 0.4) is 0 Å². The second-order valence-electron chi connectivity index (χ2n) is 7.04.